The molecule has 18 heteroatoms. The van der Waals surface area contributed by atoms with E-state index in [4.69, 9.17) is 9.47 Å². The number of sulfone groups is 1. The van der Waals surface area contributed by atoms with Crippen molar-refractivity contribution in [2.75, 3.05) is 44.0 Å². The van der Waals surface area contributed by atoms with Crippen molar-refractivity contribution in [3.8, 4) is 0 Å². The van der Waals surface area contributed by atoms with Gasteiger partial charge in [0.15, 0.2) is 9.84 Å². The Labute approximate surface area is 265 Å². The van der Waals surface area contributed by atoms with Crippen molar-refractivity contribution in [1.82, 2.24) is 4.72 Å². The number of nitrogens with one attached hydrogen (secondary N) is 2. The molecule has 0 bridgehead atoms. The topological polar surface area (TPSA) is 231 Å². The summed E-state index contributed by atoms with van der Waals surface area (Å²) in [5.74, 6) is -4.42. The Hall–Kier alpha value is -4.00. The highest BCUT2D eigenvalue weighted by molar-refractivity contribution is 7.92. The zero-order valence-electron chi connectivity index (χ0n) is 24.7. The van der Waals surface area contributed by atoms with Gasteiger partial charge in [-0.05, 0) is 68.6 Å². The second kappa shape index (κ2) is 15.1. The van der Waals surface area contributed by atoms with Gasteiger partial charge in [-0.25, -0.2) is 21.6 Å². The number of aryl methyl sites for hydroxylation is 1. The fourth-order valence-corrected chi connectivity index (χ4v) is 7.46. The second-order valence-electron chi connectivity index (χ2n) is 11.1. The zero-order valence-corrected chi connectivity index (χ0v) is 26.3. The first-order valence-corrected chi connectivity index (χ1v) is 17.7. The van der Waals surface area contributed by atoms with E-state index in [9.17, 15) is 46.7 Å². The van der Waals surface area contributed by atoms with Crippen molar-refractivity contribution in [3.05, 3.63) is 62.2 Å². The summed E-state index contributed by atoms with van der Waals surface area (Å²) in [7, 11) is -9.44. The number of sulfonamides is 1. The molecule has 16 nitrogen and oxygen atoms in total. The number of hydrogen-bond acceptors (Lipinski definition) is 13. The van der Waals surface area contributed by atoms with E-state index in [1.165, 1.54) is 16.9 Å². The maximum absolute atomic E-state index is 12.9. The third-order valence-electron chi connectivity index (χ3n) is 7.98. The van der Waals surface area contributed by atoms with E-state index in [0.717, 1.165) is 49.9 Å². The lowest BCUT2D eigenvalue weighted by molar-refractivity contribution is -0.385. The lowest BCUT2D eigenvalue weighted by Crippen LogP contribution is -2.38. The summed E-state index contributed by atoms with van der Waals surface area (Å²) in [5.41, 5.74) is -0.689. The van der Waals surface area contributed by atoms with Crippen LogP contribution in [0.5, 0.6) is 0 Å². The van der Waals surface area contributed by atoms with Gasteiger partial charge in [-0.15, -0.1) is 0 Å². The number of amides is 1. The molecule has 2 aromatic rings. The van der Waals surface area contributed by atoms with Crippen LogP contribution in [0.2, 0.25) is 0 Å². The van der Waals surface area contributed by atoms with Gasteiger partial charge in [0, 0.05) is 50.7 Å². The number of ether oxygens (including phenoxy) is 2. The van der Waals surface area contributed by atoms with Crippen LogP contribution in [0.1, 0.15) is 37.7 Å². The molecular formula is C28H34N4O12S2. The van der Waals surface area contributed by atoms with Crippen LogP contribution in [0, 0.1) is 32.1 Å². The molecule has 0 aromatic heterocycles. The van der Waals surface area contributed by atoms with E-state index < -0.39 is 68.3 Å². The van der Waals surface area contributed by atoms with Gasteiger partial charge >= 0.3 is 5.91 Å². The Balaban J connectivity index is 1.42. The van der Waals surface area contributed by atoms with Crippen molar-refractivity contribution in [3.63, 3.8) is 0 Å². The number of rotatable bonds is 14. The summed E-state index contributed by atoms with van der Waals surface area (Å²) in [6.45, 7) is 2.73. The number of nitro groups is 2. The number of ketones is 1. The van der Waals surface area contributed by atoms with Crippen LogP contribution in [0.15, 0.2) is 46.2 Å². The first kappa shape index (κ1) is 34.9. The van der Waals surface area contributed by atoms with Crippen molar-refractivity contribution in [2.24, 2.45) is 11.8 Å². The van der Waals surface area contributed by atoms with Gasteiger partial charge in [0.1, 0.15) is 11.4 Å². The molecule has 0 unspecified atom stereocenters. The average molecular weight is 683 g/mol. The molecule has 2 fully saturated rings. The molecule has 2 saturated heterocycles. The predicted octanol–water partition coefficient (Wildman–Crippen LogP) is 2.55. The highest BCUT2D eigenvalue weighted by Crippen LogP contribution is 2.30. The van der Waals surface area contributed by atoms with Gasteiger partial charge in [-0.1, -0.05) is 6.07 Å². The molecule has 2 aromatic carbocycles. The summed E-state index contributed by atoms with van der Waals surface area (Å²) in [4.78, 5) is 45.6. The summed E-state index contributed by atoms with van der Waals surface area (Å²) >= 11 is 0. The Kier molecular flexibility index (Phi) is 11.4. The number of Topliss-reactive ketones (excluding diaryl/α,β-unsaturated/α-hetero) is 1. The van der Waals surface area contributed by atoms with E-state index >= 15 is 0 Å². The van der Waals surface area contributed by atoms with Crippen molar-refractivity contribution >= 4 is 48.6 Å². The van der Waals surface area contributed by atoms with Crippen LogP contribution in [0.4, 0.5) is 17.1 Å². The molecule has 2 N–H and O–H groups in total. The summed E-state index contributed by atoms with van der Waals surface area (Å²) in [6.07, 6.45) is 4.08. The lowest BCUT2D eigenvalue weighted by Gasteiger charge is -2.22. The minimum absolute atomic E-state index is 0.0642. The highest BCUT2D eigenvalue weighted by Gasteiger charge is 2.31. The molecule has 0 saturated carbocycles. The Bertz CT molecular complexity index is 1580. The number of anilines is 1. The number of nitrogens with zero attached hydrogens (tertiary/aromatic N) is 2. The summed E-state index contributed by atoms with van der Waals surface area (Å²) in [5, 5.41) is 26.3. The van der Waals surface area contributed by atoms with Crippen LogP contribution in [0.25, 0.3) is 0 Å². The number of carbonyl (C=O) groups excluding carboxylic acids is 2. The Morgan fingerprint density at radius 2 is 1.37 bits per heavy atom. The van der Waals surface area contributed by atoms with E-state index in [0.29, 0.717) is 57.3 Å². The molecular weight excluding hydrogens is 648 g/mol. The average Bonchev–Trinajstić information content (AvgIpc) is 3.03. The Morgan fingerprint density at radius 1 is 0.804 bits per heavy atom. The molecule has 0 spiro atoms. The van der Waals surface area contributed by atoms with Gasteiger partial charge in [-0.3, -0.25) is 29.8 Å². The number of hydrogen-bond donors (Lipinski definition) is 2. The summed E-state index contributed by atoms with van der Waals surface area (Å²) in [6, 6.07) is 6.07. The third-order valence-corrected chi connectivity index (χ3v) is 10.9. The van der Waals surface area contributed by atoms with Crippen LogP contribution in [-0.2, 0) is 45.3 Å². The van der Waals surface area contributed by atoms with E-state index in [-0.39, 0.29) is 11.6 Å². The van der Waals surface area contributed by atoms with Crippen molar-refractivity contribution in [2.45, 2.75) is 48.3 Å². The number of benzene rings is 2. The fourth-order valence-electron chi connectivity index (χ4n) is 5.26. The SMILES string of the molecule is O=C(CS(=O)(=O)c1ccc(NCC2CCOCC2)c([N+](=O)[O-])c1)C(=O)NS(=O)(=O)c1ccc(CCC2CCOCC2)c([N+](=O)[O-])c1. The molecule has 46 heavy (non-hydrogen) atoms. The van der Waals surface area contributed by atoms with E-state index in [2.05, 4.69) is 5.32 Å². The van der Waals surface area contributed by atoms with Gasteiger partial charge in [0.2, 0.25) is 5.78 Å². The fraction of sp³-hybridized carbons (Fsp3) is 0.500. The monoisotopic (exact) mass is 682 g/mol. The maximum Gasteiger partial charge on any atom is 0.302 e. The zero-order chi connectivity index (χ0) is 33.5. The Morgan fingerprint density at radius 3 is 1.98 bits per heavy atom. The predicted molar refractivity (Wildman–Crippen MR) is 162 cm³/mol. The molecule has 2 heterocycles. The standard InChI is InChI=1S/C28H34N4O12S2/c33-27(18-45(39,40)22-5-6-24(26(15-22)32(37)38)29-17-20-9-13-44-14-10-20)28(34)30-46(41,42)23-4-3-21(25(16-23)31(35)36)2-1-19-7-11-43-12-8-19/h3-6,15-16,19-20,29H,1-2,7-14,17-18H2,(H,30,34). The van der Waals surface area contributed by atoms with Crippen LogP contribution in [0.3, 0.4) is 0 Å². The molecule has 250 valence electrons. The molecule has 0 atom stereocenters. The van der Waals surface area contributed by atoms with Crippen molar-refractivity contribution < 1.29 is 45.7 Å². The quantitative estimate of drug-likeness (QED) is 0.166. The molecule has 4 rings (SSSR count). The minimum atomic E-state index is -4.81. The van der Waals surface area contributed by atoms with Crippen LogP contribution >= 0.6 is 0 Å². The molecule has 1 amide bonds. The van der Waals surface area contributed by atoms with Gasteiger partial charge in [0.05, 0.1) is 19.6 Å². The summed E-state index contributed by atoms with van der Waals surface area (Å²) < 4.78 is 63.6. The first-order chi connectivity index (χ1) is 21.8. The van der Waals surface area contributed by atoms with Gasteiger partial charge < -0.3 is 14.8 Å². The second-order valence-corrected chi connectivity index (χ2v) is 14.8. The maximum atomic E-state index is 12.9. The smallest absolute Gasteiger partial charge is 0.302 e. The molecule has 2 aliphatic heterocycles. The van der Waals surface area contributed by atoms with Crippen LogP contribution < -0.4 is 10.0 Å². The minimum Gasteiger partial charge on any atom is -0.381 e. The largest absolute Gasteiger partial charge is 0.381 e. The first-order valence-electron chi connectivity index (χ1n) is 14.5. The molecule has 2 aliphatic rings. The molecule has 0 aliphatic carbocycles. The normalized spacial score (nSPS) is 16.4. The third kappa shape index (κ3) is 9.05. The molecule has 0 radical (unpaired) electrons. The number of carbonyl (C=O) groups is 2. The van der Waals surface area contributed by atoms with Gasteiger partial charge in [-0.2, -0.15) is 0 Å². The van der Waals surface area contributed by atoms with Gasteiger partial charge in [0.25, 0.3) is 21.4 Å². The van der Waals surface area contributed by atoms with E-state index in [1.807, 2.05) is 0 Å². The van der Waals surface area contributed by atoms with Crippen molar-refractivity contribution in [1.29, 1.82) is 0 Å². The number of nitro benzene ring substituents is 2. The highest BCUT2D eigenvalue weighted by atomic mass is 32.2. The van der Waals surface area contributed by atoms with Crippen LogP contribution in [-0.4, -0.2) is 77.1 Å². The lowest BCUT2D eigenvalue weighted by atomic mass is 9.92. The van der Waals surface area contributed by atoms with E-state index in [1.54, 1.807) is 0 Å².